The van der Waals surface area contributed by atoms with Crippen molar-refractivity contribution in [1.82, 2.24) is 14.5 Å². The van der Waals surface area contributed by atoms with Crippen LogP contribution in [0.25, 0.3) is 10.2 Å². The number of aromatic nitrogens is 3. The zero-order valence-electron chi connectivity index (χ0n) is 12.7. The first-order valence-electron chi connectivity index (χ1n) is 7.41. The van der Waals surface area contributed by atoms with Crippen molar-refractivity contribution in [3.63, 3.8) is 0 Å². The third kappa shape index (κ3) is 2.23. The Labute approximate surface area is 133 Å². The molecule has 0 N–H and O–H groups in total. The van der Waals surface area contributed by atoms with Crippen molar-refractivity contribution in [2.75, 3.05) is 25.1 Å². The molecule has 5 nitrogen and oxygen atoms in total. The highest BCUT2D eigenvalue weighted by Crippen LogP contribution is 2.36. The van der Waals surface area contributed by atoms with E-state index in [4.69, 9.17) is 9.72 Å². The summed E-state index contributed by atoms with van der Waals surface area (Å²) in [5.41, 5.74) is 0.971. The van der Waals surface area contributed by atoms with Crippen LogP contribution in [0, 0.1) is 12.8 Å². The lowest BCUT2D eigenvalue weighted by molar-refractivity contribution is 0.354. The largest absolute Gasteiger partial charge is 0.494 e. The molecule has 1 aromatic carbocycles. The Morgan fingerprint density at radius 2 is 2.23 bits per heavy atom. The maximum absolute atomic E-state index is 5.39. The molecule has 0 atom stereocenters. The number of rotatable bonds is 4. The van der Waals surface area contributed by atoms with Crippen molar-refractivity contribution in [3.8, 4) is 5.75 Å². The third-order valence-corrected chi connectivity index (χ3v) is 5.28. The maximum Gasteiger partial charge on any atom is 0.186 e. The van der Waals surface area contributed by atoms with E-state index in [2.05, 4.69) is 33.6 Å². The van der Waals surface area contributed by atoms with Crippen LogP contribution in [-0.4, -0.2) is 34.7 Å². The van der Waals surface area contributed by atoms with Crippen LogP contribution in [0.1, 0.15) is 5.82 Å². The van der Waals surface area contributed by atoms with Gasteiger partial charge in [0, 0.05) is 37.9 Å². The van der Waals surface area contributed by atoms with E-state index >= 15 is 0 Å². The second kappa shape index (κ2) is 5.28. The van der Waals surface area contributed by atoms with Gasteiger partial charge in [-0.3, -0.25) is 0 Å². The zero-order chi connectivity index (χ0) is 15.1. The fourth-order valence-electron chi connectivity index (χ4n) is 2.93. The number of anilines is 1. The van der Waals surface area contributed by atoms with Crippen LogP contribution in [0.5, 0.6) is 5.75 Å². The molecule has 1 fully saturated rings. The summed E-state index contributed by atoms with van der Waals surface area (Å²) in [5.74, 6) is 2.61. The van der Waals surface area contributed by atoms with Crippen LogP contribution in [-0.2, 0) is 6.54 Å². The molecule has 1 aliphatic rings. The molecule has 2 aromatic heterocycles. The molecule has 0 aliphatic carbocycles. The maximum atomic E-state index is 5.39. The monoisotopic (exact) mass is 314 g/mol. The second-order valence-corrected chi connectivity index (χ2v) is 6.71. The molecule has 114 valence electrons. The van der Waals surface area contributed by atoms with Crippen molar-refractivity contribution < 1.29 is 4.74 Å². The lowest BCUT2D eigenvalue weighted by atomic mass is 10.0. The Bertz CT molecular complexity index is 803. The predicted molar refractivity (Wildman–Crippen MR) is 88.8 cm³/mol. The van der Waals surface area contributed by atoms with E-state index in [1.807, 2.05) is 18.3 Å². The molecule has 0 spiro atoms. The summed E-state index contributed by atoms with van der Waals surface area (Å²) in [6.07, 6.45) is 3.92. The van der Waals surface area contributed by atoms with Crippen LogP contribution in [0.3, 0.4) is 0 Å². The van der Waals surface area contributed by atoms with E-state index < -0.39 is 0 Å². The zero-order valence-corrected chi connectivity index (χ0v) is 13.5. The van der Waals surface area contributed by atoms with E-state index in [1.165, 1.54) is 4.70 Å². The van der Waals surface area contributed by atoms with E-state index in [0.29, 0.717) is 5.92 Å². The fourth-order valence-corrected chi connectivity index (χ4v) is 3.93. The van der Waals surface area contributed by atoms with Gasteiger partial charge in [-0.05, 0) is 19.1 Å². The fraction of sp³-hybridized carbons (Fsp3) is 0.375. The molecule has 0 unspecified atom stereocenters. The van der Waals surface area contributed by atoms with Crippen LogP contribution < -0.4 is 9.64 Å². The van der Waals surface area contributed by atoms with Gasteiger partial charge in [-0.25, -0.2) is 9.97 Å². The summed E-state index contributed by atoms with van der Waals surface area (Å²) in [6.45, 7) is 5.20. The van der Waals surface area contributed by atoms with Crippen LogP contribution in [0.2, 0.25) is 0 Å². The Kier molecular flexibility index (Phi) is 3.26. The average Bonchev–Trinajstić information content (AvgIpc) is 3.07. The molecule has 1 aliphatic heterocycles. The molecule has 22 heavy (non-hydrogen) atoms. The predicted octanol–water partition coefficient (Wildman–Crippen LogP) is 2.95. The number of nitrogens with zero attached hydrogens (tertiary/aromatic N) is 4. The standard InChI is InChI=1S/C16H18N4OS/c1-11-17-6-7-19(11)8-12-9-20(10-12)16-18-15-13(21-2)4-3-5-14(15)22-16/h3-7,12H,8-10H2,1-2H3. The molecule has 3 aromatic rings. The first-order chi connectivity index (χ1) is 10.7. The highest BCUT2D eigenvalue weighted by Gasteiger charge is 2.29. The molecule has 0 radical (unpaired) electrons. The van der Waals surface area contributed by atoms with Crippen LogP contribution >= 0.6 is 11.3 Å². The lowest BCUT2D eigenvalue weighted by Crippen LogP contribution is -2.48. The summed E-state index contributed by atoms with van der Waals surface area (Å²) in [6, 6.07) is 6.08. The number of para-hydroxylation sites is 1. The molecule has 0 saturated carbocycles. The second-order valence-electron chi connectivity index (χ2n) is 5.70. The van der Waals surface area contributed by atoms with Gasteiger partial charge >= 0.3 is 0 Å². The van der Waals surface area contributed by atoms with Crippen molar-refractivity contribution in [2.45, 2.75) is 13.5 Å². The van der Waals surface area contributed by atoms with Gasteiger partial charge in [0.2, 0.25) is 0 Å². The minimum atomic E-state index is 0.668. The normalized spacial score (nSPS) is 15.3. The number of imidazole rings is 1. The molecule has 6 heteroatoms. The molecule has 0 bridgehead atoms. The van der Waals surface area contributed by atoms with E-state index in [9.17, 15) is 0 Å². The summed E-state index contributed by atoms with van der Waals surface area (Å²) < 4.78 is 8.80. The molecular weight excluding hydrogens is 296 g/mol. The Morgan fingerprint density at radius 1 is 1.36 bits per heavy atom. The van der Waals surface area contributed by atoms with E-state index in [1.54, 1.807) is 18.4 Å². The summed E-state index contributed by atoms with van der Waals surface area (Å²) in [7, 11) is 1.70. The molecule has 3 heterocycles. The number of hydrogen-bond donors (Lipinski definition) is 0. The minimum absolute atomic E-state index is 0.668. The number of aryl methyl sites for hydroxylation is 1. The lowest BCUT2D eigenvalue weighted by Gasteiger charge is -2.39. The van der Waals surface area contributed by atoms with Crippen molar-refractivity contribution in [1.29, 1.82) is 0 Å². The smallest absolute Gasteiger partial charge is 0.186 e. The number of fused-ring (bicyclic) bond motifs is 1. The number of methoxy groups -OCH3 is 1. The molecule has 1 saturated heterocycles. The van der Waals surface area contributed by atoms with Gasteiger partial charge in [-0.1, -0.05) is 17.4 Å². The van der Waals surface area contributed by atoms with Gasteiger partial charge < -0.3 is 14.2 Å². The van der Waals surface area contributed by atoms with Gasteiger partial charge in [-0.2, -0.15) is 0 Å². The number of ether oxygens (including phenoxy) is 1. The van der Waals surface area contributed by atoms with Crippen LogP contribution in [0.15, 0.2) is 30.6 Å². The quantitative estimate of drug-likeness (QED) is 0.742. The van der Waals surface area contributed by atoms with Crippen molar-refractivity contribution in [3.05, 3.63) is 36.4 Å². The summed E-state index contributed by atoms with van der Waals surface area (Å²) in [4.78, 5) is 11.4. The van der Waals surface area contributed by atoms with E-state index in [-0.39, 0.29) is 0 Å². The summed E-state index contributed by atoms with van der Waals surface area (Å²) >= 11 is 1.74. The highest BCUT2D eigenvalue weighted by atomic mass is 32.1. The minimum Gasteiger partial charge on any atom is -0.494 e. The van der Waals surface area contributed by atoms with Crippen LogP contribution in [0.4, 0.5) is 5.13 Å². The SMILES string of the molecule is COc1cccc2sc(N3CC(Cn4ccnc4C)C3)nc12. The van der Waals surface area contributed by atoms with Crippen molar-refractivity contribution >= 4 is 26.7 Å². The average molecular weight is 314 g/mol. The number of benzene rings is 1. The Hall–Kier alpha value is -2.08. The third-order valence-electron chi connectivity index (χ3n) is 4.20. The highest BCUT2D eigenvalue weighted by molar-refractivity contribution is 7.22. The van der Waals surface area contributed by atoms with E-state index in [0.717, 1.165) is 41.9 Å². The summed E-state index contributed by atoms with van der Waals surface area (Å²) in [5, 5.41) is 1.10. The molecule has 0 amide bonds. The Balaban J connectivity index is 1.47. The molecule has 4 rings (SSSR count). The van der Waals surface area contributed by atoms with Gasteiger partial charge in [0.15, 0.2) is 5.13 Å². The number of thiazole rings is 1. The van der Waals surface area contributed by atoms with Gasteiger partial charge in [-0.15, -0.1) is 0 Å². The topological polar surface area (TPSA) is 43.2 Å². The van der Waals surface area contributed by atoms with Crippen molar-refractivity contribution in [2.24, 2.45) is 5.92 Å². The van der Waals surface area contributed by atoms with Gasteiger partial charge in [0.05, 0.1) is 11.8 Å². The first-order valence-corrected chi connectivity index (χ1v) is 8.22. The number of hydrogen-bond acceptors (Lipinski definition) is 5. The Morgan fingerprint density at radius 3 is 2.95 bits per heavy atom. The van der Waals surface area contributed by atoms with Gasteiger partial charge in [0.1, 0.15) is 17.1 Å². The first kappa shape index (κ1) is 13.6. The molecular formula is C16H18N4OS. The van der Waals surface area contributed by atoms with Gasteiger partial charge in [0.25, 0.3) is 0 Å².